The monoisotopic (exact) mass is 765 g/mol. The van der Waals surface area contributed by atoms with Gasteiger partial charge in [0.2, 0.25) is 17.9 Å². The summed E-state index contributed by atoms with van der Waals surface area (Å²) in [6, 6.07) is -3.79. The number of hydrogen-bond acceptors (Lipinski definition) is 17. The predicted molar refractivity (Wildman–Crippen MR) is 171 cm³/mol. The number of esters is 2. The van der Waals surface area contributed by atoms with Crippen LogP contribution >= 0.6 is 7.82 Å². The zero-order valence-corrected chi connectivity index (χ0v) is 28.7. The van der Waals surface area contributed by atoms with Gasteiger partial charge in [-0.2, -0.15) is 0 Å². The van der Waals surface area contributed by atoms with E-state index in [2.05, 4.69) is 35.3 Å². The Balaban J connectivity index is 2.03. The molecule has 1 aliphatic rings. The number of carbonyl (C=O) groups is 6. The van der Waals surface area contributed by atoms with Crippen molar-refractivity contribution < 1.29 is 77.3 Å². The van der Waals surface area contributed by atoms with E-state index >= 15 is 0 Å². The first-order valence-electron chi connectivity index (χ1n) is 16.0. The molecule has 2 amide bonds. The quantitative estimate of drug-likeness (QED) is 0.0157. The summed E-state index contributed by atoms with van der Waals surface area (Å²) in [6.45, 7) is -0.420. The third-order valence-electron chi connectivity index (χ3n) is 7.22. The molecule has 2 rings (SSSR count). The van der Waals surface area contributed by atoms with E-state index in [1.807, 2.05) is 0 Å². The topological polar surface area (TPSA) is 374 Å². The number of cyclic esters (lactones) is 1. The number of rotatable bonds is 25. The maximum Gasteiger partial charge on any atom is 0.525 e. The Morgan fingerprint density at radius 2 is 1.56 bits per heavy atom. The van der Waals surface area contributed by atoms with Gasteiger partial charge in [0.05, 0.1) is 25.8 Å². The largest absolute Gasteiger partial charge is 0.525 e. The van der Waals surface area contributed by atoms with Gasteiger partial charge in [-0.15, -0.1) is 5.48 Å². The summed E-state index contributed by atoms with van der Waals surface area (Å²) < 4.78 is 24.7. The summed E-state index contributed by atoms with van der Waals surface area (Å²) in [5.74, 6) is -9.00. The second-order valence-electron chi connectivity index (χ2n) is 11.3. The van der Waals surface area contributed by atoms with E-state index in [4.69, 9.17) is 30.8 Å². The highest BCUT2D eigenvalue weighted by atomic mass is 31.2. The van der Waals surface area contributed by atoms with E-state index in [1.54, 1.807) is 0 Å². The van der Waals surface area contributed by atoms with Crippen LogP contribution in [0.15, 0.2) is 24.0 Å². The number of ether oxygens (including phenoxy) is 2. The van der Waals surface area contributed by atoms with E-state index in [0.29, 0.717) is 37.9 Å². The molecule has 5 atom stereocenters. The number of hydroxylamine groups is 1. The number of aromatic amines is 1. The van der Waals surface area contributed by atoms with Crippen molar-refractivity contribution in [1.29, 1.82) is 0 Å². The van der Waals surface area contributed by atoms with Crippen molar-refractivity contribution in [3.05, 3.63) is 29.7 Å². The van der Waals surface area contributed by atoms with E-state index in [1.165, 1.54) is 12.5 Å². The molecule has 0 aliphatic carbocycles. The van der Waals surface area contributed by atoms with Crippen LogP contribution in [-0.4, -0.2) is 121 Å². The second-order valence-corrected chi connectivity index (χ2v) is 12.5. The Hall–Kier alpha value is -4.64. The maximum absolute atomic E-state index is 13.4. The highest BCUT2D eigenvalue weighted by Gasteiger charge is 2.45. The zero-order valence-electron chi connectivity index (χ0n) is 27.8. The molecular weight excluding hydrogens is 721 g/mol. The summed E-state index contributed by atoms with van der Waals surface area (Å²) in [5, 5.41) is 34.3. The smallest absolute Gasteiger partial charge is 0.505 e. The molecule has 0 saturated carbocycles. The summed E-state index contributed by atoms with van der Waals surface area (Å²) in [5.41, 5.74) is 13.8. The number of phosphoric ester groups is 1. The molecule has 52 heavy (non-hydrogen) atoms. The minimum absolute atomic E-state index is 0.0661. The number of nitrogens with zero attached hydrogens (tertiary/aromatic N) is 1. The van der Waals surface area contributed by atoms with Crippen LogP contribution in [0.1, 0.15) is 57.1 Å². The number of nitrogens with one attached hydrogen (secondary N) is 4. The van der Waals surface area contributed by atoms with Crippen molar-refractivity contribution in [1.82, 2.24) is 26.1 Å². The fourth-order valence-corrected chi connectivity index (χ4v) is 4.99. The van der Waals surface area contributed by atoms with Crippen LogP contribution in [-0.2, 0) is 58.6 Å². The van der Waals surface area contributed by atoms with Gasteiger partial charge in [0.1, 0.15) is 18.1 Å². The van der Waals surface area contributed by atoms with Crippen molar-refractivity contribution in [2.45, 2.75) is 88.1 Å². The van der Waals surface area contributed by atoms with Crippen molar-refractivity contribution >= 4 is 43.5 Å². The Morgan fingerprint density at radius 3 is 2.12 bits per heavy atom. The van der Waals surface area contributed by atoms with Gasteiger partial charge in [-0.3, -0.25) is 29.0 Å². The number of aliphatic hydroxyl groups excluding tert-OH is 2. The lowest BCUT2D eigenvalue weighted by atomic mass is 10.1. The molecule has 0 fully saturated rings. The van der Waals surface area contributed by atoms with Crippen molar-refractivity contribution in [2.75, 3.05) is 19.7 Å². The number of H-pyrrole nitrogens is 1. The minimum atomic E-state index is -5.29. The molecule has 13 N–H and O–H groups in total. The van der Waals surface area contributed by atoms with Gasteiger partial charge < -0.3 is 61.2 Å². The SMILES string of the molecule is NCCCCC(NC(=O)C(Cc1cnc[nH]1)NC(=O)C(CCCCN)NOC(=O)CCC(=O)OC(CO)C1OC(=O)C(OP(=O)(O)O)=C1O)C(=O)O. The molecule has 0 bridgehead atoms. The Bertz CT molecular complexity index is 1450. The Kier molecular flexibility index (Phi) is 18.1. The summed E-state index contributed by atoms with van der Waals surface area (Å²) in [7, 11) is -5.29. The second kappa shape index (κ2) is 21.7. The standard InChI is InChI=1S/C28H44N7O16P/c29-9-3-1-5-16(25(40)34-18(11-15-12-31-14-32-15)26(41)33-17(27(42)43)6-2-4-10-30)35-50-21(38)8-7-20(37)48-19(13-36)23-22(39)24(28(44)49-23)51-52(45,46)47/h12,14,16-19,23,35-36,39H,1-11,13,29-30H2,(H,31,32)(H,33,41)(H,34,40)(H,42,43)(H2,45,46,47). The number of hydrogen-bond donors (Lipinski definition) is 11. The van der Waals surface area contributed by atoms with Crippen LogP contribution in [0.5, 0.6) is 0 Å². The maximum atomic E-state index is 13.4. The predicted octanol–water partition coefficient (Wildman–Crippen LogP) is -2.83. The average Bonchev–Trinajstić information content (AvgIpc) is 3.69. The normalized spacial score (nSPS) is 16.6. The first-order valence-corrected chi connectivity index (χ1v) is 17.5. The number of aliphatic hydroxyl groups is 2. The first kappa shape index (κ1) is 43.5. The molecule has 0 radical (unpaired) electrons. The molecule has 292 valence electrons. The molecule has 1 aromatic heterocycles. The van der Waals surface area contributed by atoms with Gasteiger partial charge in [0.15, 0.2) is 11.9 Å². The Labute approximate surface area is 296 Å². The zero-order chi connectivity index (χ0) is 38.8. The van der Waals surface area contributed by atoms with Crippen LogP contribution < -0.4 is 27.6 Å². The number of carboxylic acid groups (broad SMARTS) is 1. The molecule has 1 aliphatic heterocycles. The number of unbranched alkanes of at least 4 members (excludes halogenated alkanes) is 2. The number of imidazole rings is 1. The summed E-state index contributed by atoms with van der Waals surface area (Å²) in [4.78, 5) is 105. The average molecular weight is 766 g/mol. The van der Waals surface area contributed by atoms with E-state index in [0.717, 1.165) is 0 Å². The number of carboxylic acids is 1. The Morgan fingerprint density at radius 1 is 0.962 bits per heavy atom. The molecule has 0 aromatic carbocycles. The molecule has 0 saturated heterocycles. The molecular formula is C28H44N7O16P. The van der Waals surface area contributed by atoms with Crippen molar-refractivity contribution in [3.8, 4) is 0 Å². The number of phosphoric acid groups is 1. The summed E-state index contributed by atoms with van der Waals surface area (Å²) in [6.07, 6.45) is -0.336. The van der Waals surface area contributed by atoms with Gasteiger partial charge in [-0.25, -0.2) is 19.1 Å². The van der Waals surface area contributed by atoms with Crippen LogP contribution in [0.2, 0.25) is 0 Å². The van der Waals surface area contributed by atoms with Gasteiger partial charge in [-0.05, 0) is 51.6 Å². The highest BCUT2D eigenvalue weighted by molar-refractivity contribution is 7.46. The lowest BCUT2D eigenvalue weighted by Crippen LogP contribution is -2.56. The number of carbonyl (C=O) groups excluding carboxylic acids is 5. The van der Waals surface area contributed by atoms with Gasteiger partial charge in [0.25, 0.3) is 5.76 Å². The first-order chi connectivity index (χ1) is 24.6. The van der Waals surface area contributed by atoms with Crippen LogP contribution in [0.4, 0.5) is 0 Å². The summed E-state index contributed by atoms with van der Waals surface area (Å²) >= 11 is 0. The number of nitrogens with two attached hydrogens (primary N) is 2. The van der Waals surface area contributed by atoms with Gasteiger partial charge in [0, 0.05) is 18.3 Å². The van der Waals surface area contributed by atoms with Crippen LogP contribution in [0.25, 0.3) is 0 Å². The number of aromatic nitrogens is 2. The lowest BCUT2D eigenvalue weighted by Gasteiger charge is -2.24. The van der Waals surface area contributed by atoms with Crippen LogP contribution in [0, 0.1) is 0 Å². The highest BCUT2D eigenvalue weighted by Crippen LogP contribution is 2.42. The third kappa shape index (κ3) is 14.9. The lowest BCUT2D eigenvalue weighted by molar-refractivity contribution is -0.167. The third-order valence-corrected chi connectivity index (χ3v) is 7.64. The number of aliphatic carboxylic acids is 1. The molecule has 23 nitrogen and oxygen atoms in total. The van der Waals surface area contributed by atoms with E-state index in [9.17, 15) is 48.7 Å². The molecule has 0 spiro atoms. The van der Waals surface area contributed by atoms with E-state index < -0.39 is 105 Å². The van der Waals surface area contributed by atoms with Gasteiger partial charge in [-0.1, -0.05) is 0 Å². The van der Waals surface area contributed by atoms with Crippen molar-refractivity contribution in [3.63, 3.8) is 0 Å². The fraction of sp³-hybridized carbons (Fsp3) is 0.607. The minimum Gasteiger partial charge on any atom is -0.505 e. The molecule has 5 unspecified atom stereocenters. The van der Waals surface area contributed by atoms with E-state index in [-0.39, 0.29) is 25.8 Å². The molecule has 2 heterocycles. The van der Waals surface area contributed by atoms with Crippen molar-refractivity contribution in [2.24, 2.45) is 11.5 Å². The molecule has 1 aromatic rings. The number of amides is 2. The fourth-order valence-electron chi connectivity index (χ4n) is 4.58. The van der Waals surface area contributed by atoms with Gasteiger partial charge >= 0.3 is 31.7 Å². The van der Waals surface area contributed by atoms with Crippen LogP contribution in [0.3, 0.4) is 0 Å². The molecule has 24 heteroatoms.